The Morgan fingerprint density at radius 1 is 1.18 bits per heavy atom. The van der Waals surface area contributed by atoms with Crippen molar-refractivity contribution in [2.75, 3.05) is 0 Å². The fraction of sp³-hybridized carbons (Fsp3) is 0.423. The average Bonchev–Trinajstić information content (AvgIpc) is 3.12. The molecular formula is C26H37N7O. The van der Waals surface area contributed by atoms with Gasteiger partial charge >= 0.3 is 5.69 Å². The first-order chi connectivity index (χ1) is 16.3. The molecule has 3 aromatic rings. The zero-order valence-electron chi connectivity index (χ0n) is 20.7. The molecule has 0 radical (unpaired) electrons. The number of nitrogens with two attached hydrogens (primary N) is 2. The van der Waals surface area contributed by atoms with E-state index in [9.17, 15) is 4.79 Å². The molecular weight excluding hydrogens is 426 g/mol. The van der Waals surface area contributed by atoms with Gasteiger partial charge in [-0.25, -0.2) is 10.6 Å². The maximum absolute atomic E-state index is 13.2. The maximum atomic E-state index is 13.2. The summed E-state index contributed by atoms with van der Waals surface area (Å²) < 4.78 is 3.75. The van der Waals surface area contributed by atoms with Crippen LogP contribution in [0.5, 0.6) is 0 Å². The quantitative estimate of drug-likeness (QED) is 0.194. The summed E-state index contributed by atoms with van der Waals surface area (Å²) in [5.41, 5.74) is 7.20. The third kappa shape index (κ3) is 6.14. The van der Waals surface area contributed by atoms with E-state index in [0.29, 0.717) is 12.4 Å². The van der Waals surface area contributed by atoms with Crippen molar-refractivity contribution in [3.05, 3.63) is 76.1 Å². The molecule has 0 bridgehead atoms. The van der Waals surface area contributed by atoms with Gasteiger partial charge in [0, 0.05) is 35.8 Å². The predicted molar refractivity (Wildman–Crippen MR) is 138 cm³/mol. The summed E-state index contributed by atoms with van der Waals surface area (Å²) in [5, 5.41) is 3.72. The van der Waals surface area contributed by atoms with Gasteiger partial charge in [0.25, 0.3) is 0 Å². The van der Waals surface area contributed by atoms with E-state index in [2.05, 4.69) is 43.2 Å². The first kappa shape index (κ1) is 25.2. The van der Waals surface area contributed by atoms with Gasteiger partial charge in [0.05, 0.1) is 12.2 Å². The maximum Gasteiger partial charge on any atom is 0.328 e. The first-order valence-corrected chi connectivity index (χ1v) is 11.9. The van der Waals surface area contributed by atoms with Crippen LogP contribution < -0.4 is 22.8 Å². The van der Waals surface area contributed by atoms with Crippen LogP contribution in [0.15, 0.2) is 58.7 Å². The standard InChI is InChI=1S/C26H37N7O/c1-5-6-9-20-18-32(15-14-26(2,3)4)25(34)33(20)17-19-12-13-23(29-16-19)21-10-7-8-11-22(21)24(30-27)31-28/h7-8,10-13,16,18H,5-6,9,14-15,17,27-28H2,1-4H3,(H,30,31). The fourth-order valence-electron chi connectivity index (χ4n) is 3.88. The number of hydrogen-bond donors (Lipinski definition) is 3. The van der Waals surface area contributed by atoms with Crippen molar-refractivity contribution in [2.24, 2.45) is 22.2 Å². The number of nitrogens with zero attached hydrogens (tertiary/aromatic N) is 4. The number of unbranched alkanes of at least 4 members (excludes halogenated alkanes) is 1. The fourth-order valence-corrected chi connectivity index (χ4v) is 3.88. The molecule has 0 atom stereocenters. The molecule has 0 unspecified atom stereocenters. The van der Waals surface area contributed by atoms with Crippen molar-refractivity contribution in [3.63, 3.8) is 0 Å². The molecule has 5 N–H and O–H groups in total. The van der Waals surface area contributed by atoms with E-state index in [0.717, 1.165) is 60.3 Å². The van der Waals surface area contributed by atoms with E-state index >= 15 is 0 Å². The third-order valence-corrected chi connectivity index (χ3v) is 5.91. The summed E-state index contributed by atoms with van der Waals surface area (Å²) in [4.78, 5) is 17.9. The van der Waals surface area contributed by atoms with Crippen LogP contribution in [0.1, 0.15) is 63.8 Å². The Kier molecular flexibility index (Phi) is 8.28. The number of aryl methyl sites for hydroxylation is 2. The normalized spacial score (nSPS) is 12.2. The minimum absolute atomic E-state index is 0.0441. The topological polar surface area (TPSA) is 116 Å². The van der Waals surface area contributed by atoms with Crippen molar-refractivity contribution >= 4 is 5.84 Å². The molecule has 2 heterocycles. The van der Waals surface area contributed by atoms with Crippen LogP contribution in [-0.2, 0) is 19.5 Å². The van der Waals surface area contributed by atoms with E-state index in [1.54, 1.807) is 0 Å². The van der Waals surface area contributed by atoms with Gasteiger partial charge < -0.3 is 11.3 Å². The molecule has 0 saturated heterocycles. The highest BCUT2D eigenvalue weighted by atomic mass is 16.1. The lowest BCUT2D eigenvalue weighted by molar-refractivity contribution is 0.347. The van der Waals surface area contributed by atoms with Crippen molar-refractivity contribution in [3.8, 4) is 11.3 Å². The molecule has 8 nitrogen and oxygen atoms in total. The van der Waals surface area contributed by atoms with Gasteiger partial charge in [-0.15, -0.1) is 0 Å². The van der Waals surface area contributed by atoms with Crippen LogP contribution in [0.4, 0.5) is 0 Å². The summed E-state index contributed by atoms with van der Waals surface area (Å²) in [6, 6.07) is 11.6. The number of aromatic nitrogens is 3. The zero-order valence-corrected chi connectivity index (χ0v) is 20.7. The lowest BCUT2D eigenvalue weighted by atomic mass is 9.92. The van der Waals surface area contributed by atoms with Gasteiger partial charge in [0.1, 0.15) is 0 Å². The van der Waals surface area contributed by atoms with Crippen LogP contribution in [-0.4, -0.2) is 20.0 Å². The number of amidine groups is 1. The predicted octanol–water partition coefficient (Wildman–Crippen LogP) is 3.62. The number of hydrazone groups is 1. The second-order valence-electron chi connectivity index (χ2n) is 9.82. The number of benzene rings is 1. The number of imidazole rings is 1. The highest BCUT2D eigenvalue weighted by molar-refractivity contribution is 6.03. The number of rotatable bonds is 9. The zero-order chi connectivity index (χ0) is 24.7. The highest BCUT2D eigenvalue weighted by Gasteiger charge is 2.16. The minimum atomic E-state index is 0.0441. The highest BCUT2D eigenvalue weighted by Crippen LogP contribution is 2.23. The van der Waals surface area contributed by atoms with Gasteiger partial charge in [0.15, 0.2) is 5.84 Å². The number of pyridine rings is 1. The molecule has 0 fully saturated rings. The lowest BCUT2D eigenvalue weighted by Crippen LogP contribution is -2.32. The molecule has 0 amide bonds. The molecule has 8 heteroatoms. The molecule has 0 aliphatic carbocycles. The van der Waals surface area contributed by atoms with Crippen molar-refractivity contribution in [2.45, 2.75) is 66.5 Å². The summed E-state index contributed by atoms with van der Waals surface area (Å²) in [7, 11) is 0. The summed E-state index contributed by atoms with van der Waals surface area (Å²) in [5.74, 6) is 11.4. The number of nitrogens with one attached hydrogen (secondary N) is 1. The Morgan fingerprint density at radius 2 is 1.94 bits per heavy atom. The van der Waals surface area contributed by atoms with Crippen LogP contribution in [0.2, 0.25) is 0 Å². The van der Waals surface area contributed by atoms with Crippen molar-refractivity contribution < 1.29 is 0 Å². The molecule has 0 saturated carbocycles. The van der Waals surface area contributed by atoms with Crippen LogP contribution in [0.3, 0.4) is 0 Å². The van der Waals surface area contributed by atoms with Crippen LogP contribution in [0, 0.1) is 5.41 Å². The van der Waals surface area contributed by atoms with E-state index in [4.69, 9.17) is 11.7 Å². The molecule has 0 aliphatic heterocycles. The van der Waals surface area contributed by atoms with E-state index in [-0.39, 0.29) is 11.1 Å². The van der Waals surface area contributed by atoms with Gasteiger partial charge in [-0.1, -0.05) is 64.4 Å². The van der Waals surface area contributed by atoms with Crippen LogP contribution in [0.25, 0.3) is 11.3 Å². The van der Waals surface area contributed by atoms with Crippen molar-refractivity contribution in [1.29, 1.82) is 0 Å². The summed E-state index contributed by atoms with van der Waals surface area (Å²) in [6.45, 7) is 9.98. The molecule has 0 spiro atoms. The van der Waals surface area contributed by atoms with Gasteiger partial charge in [-0.05, 0) is 36.3 Å². The molecule has 182 valence electrons. The largest absolute Gasteiger partial charge is 0.328 e. The van der Waals surface area contributed by atoms with Crippen LogP contribution >= 0.6 is 0 Å². The first-order valence-electron chi connectivity index (χ1n) is 11.9. The molecule has 2 aromatic heterocycles. The Morgan fingerprint density at radius 3 is 2.56 bits per heavy atom. The van der Waals surface area contributed by atoms with Gasteiger partial charge in [0.2, 0.25) is 0 Å². The van der Waals surface area contributed by atoms with E-state index in [1.807, 2.05) is 57.9 Å². The monoisotopic (exact) mass is 463 g/mol. The molecule has 1 aromatic carbocycles. The van der Waals surface area contributed by atoms with Crippen molar-refractivity contribution in [1.82, 2.24) is 19.5 Å². The Hall–Kier alpha value is -3.39. The van der Waals surface area contributed by atoms with Gasteiger partial charge in [-0.2, -0.15) is 5.10 Å². The second kappa shape index (κ2) is 11.2. The second-order valence-corrected chi connectivity index (χ2v) is 9.82. The minimum Gasteiger partial charge on any atom is -0.321 e. The third-order valence-electron chi connectivity index (χ3n) is 5.91. The number of hydrazine groups is 1. The Labute approximate surface area is 201 Å². The summed E-state index contributed by atoms with van der Waals surface area (Å²) in [6.07, 6.45) is 7.84. The number of hydrogen-bond acceptors (Lipinski definition) is 5. The lowest BCUT2D eigenvalue weighted by Gasteiger charge is -2.17. The van der Waals surface area contributed by atoms with Gasteiger partial charge in [-0.3, -0.25) is 14.1 Å². The Balaban J connectivity index is 1.88. The Bertz CT molecular complexity index is 1170. The SMILES string of the molecule is CCCCc1cn(CCC(C)(C)C)c(=O)n1Cc1ccc(-c2ccccc2/C(=N/N)NN)nc1. The molecule has 34 heavy (non-hydrogen) atoms. The van der Waals surface area contributed by atoms with E-state index in [1.165, 1.54) is 0 Å². The smallest absolute Gasteiger partial charge is 0.321 e. The summed E-state index contributed by atoms with van der Waals surface area (Å²) >= 11 is 0. The van der Waals surface area contributed by atoms with E-state index < -0.39 is 0 Å². The molecule has 3 rings (SSSR count). The average molecular weight is 464 g/mol. The molecule has 0 aliphatic rings.